The third-order valence-electron chi connectivity index (χ3n) is 2.93. The minimum atomic E-state index is -0.477. The van der Waals surface area contributed by atoms with E-state index in [1.807, 2.05) is 11.8 Å². The first-order valence-electron chi connectivity index (χ1n) is 6.36. The summed E-state index contributed by atoms with van der Waals surface area (Å²) in [5.41, 5.74) is 6.00. The van der Waals surface area contributed by atoms with E-state index in [1.165, 1.54) is 6.26 Å². The first kappa shape index (κ1) is 13.8. The van der Waals surface area contributed by atoms with E-state index in [4.69, 9.17) is 19.6 Å². The Morgan fingerprint density at radius 3 is 3.21 bits per heavy atom. The second kappa shape index (κ2) is 6.03. The zero-order chi connectivity index (χ0) is 13.8. The second-order valence-corrected chi connectivity index (χ2v) is 4.45. The number of rotatable bonds is 4. The van der Waals surface area contributed by atoms with Gasteiger partial charge >= 0.3 is 5.97 Å². The highest BCUT2D eigenvalue weighted by atomic mass is 16.5. The Labute approximate surface area is 111 Å². The van der Waals surface area contributed by atoms with Gasteiger partial charge in [0.1, 0.15) is 6.26 Å². The smallest absolute Gasteiger partial charge is 0.360 e. The number of nitrogens with two attached hydrogens (primary N) is 1. The fourth-order valence-electron chi connectivity index (χ4n) is 1.88. The summed E-state index contributed by atoms with van der Waals surface area (Å²) in [6, 6.07) is 0.333. The monoisotopic (exact) mass is 269 g/mol. The van der Waals surface area contributed by atoms with Crippen LogP contribution >= 0.6 is 0 Å². The molecule has 7 heteroatoms. The Kier molecular flexibility index (Phi) is 4.39. The van der Waals surface area contributed by atoms with Gasteiger partial charge in [-0.2, -0.15) is 4.98 Å². The van der Waals surface area contributed by atoms with Crippen molar-refractivity contribution in [2.45, 2.75) is 26.0 Å². The molecular formula is C12H19N3O4. The van der Waals surface area contributed by atoms with Gasteiger partial charge in [0.25, 0.3) is 6.01 Å². The molecule has 1 aliphatic rings. The SMILES string of the molecule is CCOC(=O)c1coc(N2CCOC(C(C)N)C2)n1. The molecule has 1 saturated heterocycles. The normalized spacial score (nSPS) is 21.2. The van der Waals surface area contributed by atoms with Crippen LogP contribution in [0.2, 0.25) is 0 Å². The lowest BCUT2D eigenvalue weighted by molar-refractivity contribution is 0.0260. The van der Waals surface area contributed by atoms with E-state index in [9.17, 15) is 4.79 Å². The quantitative estimate of drug-likeness (QED) is 0.791. The molecule has 1 aliphatic heterocycles. The predicted molar refractivity (Wildman–Crippen MR) is 68.1 cm³/mol. The Morgan fingerprint density at radius 2 is 2.53 bits per heavy atom. The van der Waals surface area contributed by atoms with Crippen LogP contribution in [0.3, 0.4) is 0 Å². The molecule has 106 valence electrons. The van der Waals surface area contributed by atoms with Crippen molar-refractivity contribution >= 4 is 12.0 Å². The minimum absolute atomic E-state index is 0.0632. The van der Waals surface area contributed by atoms with E-state index in [0.29, 0.717) is 32.3 Å². The van der Waals surface area contributed by atoms with Gasteiger partial charge in [-0.15, -0.1) is 0 Å². The van der Waals surface area contributed by atoms with Gasteiger partial charge < -0.3 is 24.5 Å². The number of oxazole rings is 1. The van der Waals surface area contributed by atoms with Crippen molar-refractivity contribution in [2.24, 2.45) is 5.73 Å². The number of carbonyl (C=O) groups is 1. The van der Waals surface area contributed by atoms with Crippen LogP contribution in [0.25, 0.3) is 0 Å². The second-order valence-electron chi connectivity index (χ2n) is 4.45. The van der Waals surface area contributed by atoms with E-state index in [1.54, 1.807) is 6.92 Å². The van der Waals surface area contributed by atoms with Crippen LogP contribution in [0, 0.1) is 0 Å². The maximum absolute atomic E-state index is 11.5. The first-order chi connectivity index (χ1) is 9.11. The predicted octanol–water partition coefficient (Wildman–Crippen LogP) is 0.404. The molecule has 0 spiro atoms. The van der Waals surface area contributed by atoms with E-state index >= 15 is 0 Å². The van der Waals surface area contributed by atoms with Crippen molar-refractivity contribution in [3.8, 4) is 0 Å². The van der Waals surface area contributed by atoms with Gasteiger partial charge in [-0.3, -0.25) is 0 Å². The van der Waals surface area contributed by atoms with Gasteiger partial charge in [0.15, 0.2) is 5.69 Å². The van der Waals surface area contributed by atoms with E-state index < -0.39 is 5.97 Å². The van der Waals surface area contributed by atoms with E-state index in [0.717, 1.165) is 0 Å². The zero-order valence-electron chi connectivity index (χ0n) is 11.2. The molecular weight excluding hydrogens is 250 g/mol. The maximum atomic E-state index is 11.5. The van der Waals surface area contributed by atoms with Crippen molar-refractivity contribution < 1.29 is 18.7 Å². The third-order valence-corrected chi connectivity index (χ3v) is 2.93. The maximum Gasteiger partial charge on any atom is 0.360 e. The number of esters is 1. The molecule has 0 amide bonds. The molecule has 2 heterocycles. The number of hydrogen-bond donors (Lipinski definition) is 1. The molecule has 1 aromatic rings. The largest absolute Gasteiger partial charge is 0.461 e. The lowest BCUT2D eigenvalue weighted by Gasteiger charge is -2.33. The highest BCUT2D eigenvalue weighted by Gasteiger charge is 2.27. The molecule has 0 aromatic carbocycles. The summed E-state index contributed by atoms with van der Waals surface area (Å²) in [4.78, 5) is 17.6. The summed E-state index contributed by atoms with van der Waals surface area (Å²) >= 11 is 0. The number of hydrogen-bond acceptors (Lipinski definition) is 7. The molecule has 19 heavy (non-hydrogen) atoms. The molecule has 2 N–H and O–H groups in total. The standard InChI is InChI=1S/C12H19N3O4/c1-3-17-11(16)9-7-19-12(14-9)15-4-5-18-10(6-15)8(2)13/h7-8,10H,3-6,13H2,1-2H3. The number of morpholine rings is 1. The molecule has 2 atom stereocenters. The van der Waals surface area contributed by atoms with Crippen LogP contribution in [-0.2, 0) is 9.47 Å². The van der Waals surface area contributed by atoms with Gasteiger partial charge in [0.2, 0.25) is 0 Å². The summed E-state index contributed by atoms with van der Waals surface area (Å²) in [5.74, 6) is -0.477. The van der Waals surface area contributed by atoms with Crippen molar-refractivity contribution in [1.82, 2.24) is 4.98 Å². The van der Waals surface area contributed by atoms with Crippen molar-refractivity contribution in [1.29, 1.82) is 0 Å². The van der Waals surface area contributed by atoms with Crippen molar-refractivity contribution in [3.05, 3.63) is 12.0 Å². The van der Waals surface area contributed by atoms with Gasteiger partial charge in [0.05, 0.1) is 25.9 Å². The topological polar surface area (TPSA) is 90.8 Å². The number of carbonyl (C=O) groups excluding carboxylic acids is 1. The average molecular weight is 269 g/mol. The molecule has 2 unspecified atom stereocenters. The van der Waals surface area contributed by atoms with Crippen LogP contribution in [-0.4, -0.2) is 49.4 Å². The van der Waals surface area contributed by atoms with Crippen LogP contribution < -0.4 is 10.6 Å². The molecule has 2 rings (SSSR count). The van der Waals surface area contributed by atoms with Crippen molar-refractivity contribution in [2.75, 3.05) is 31.2 Å². The lowest BCUT2D eigenvalue weighted by atomic mass is 10.1. The number of aromatic nitrogens is 1. The molecule has 0 radical (unpaired) electrons. The first-order valence-corrected chi connectivity index (χ1v) is 6.36. The van der Waals surface area contributed by atoms with Crippen molar-refractivity contribution in [3.63, 3.8) is 0 Å². The highest BCUT2D eigenvalue weighted by molar-refractivity contribution is 5.87. The molecule has 7 nitrogen and oxygen atoms in total. The molecule has 0 saturated carbocycles. The highest BCUT2D eigenvalue weighted by Crippen LogP contribution is 2.18. The Morgan fingerprint density at radius 1 is 1.74 bits per heavy atom. The summed E-state index contributed by atoms with van der Waals surface area (Å²) < 4.78 is 15.7. The summed E-state index contributed by atoms with van der Waals surface area (Å²) in [7, 11) is 0. The molecule has 1 aromatic heterocycles. The minimum Gasteiger partial charge on any atom is -0.461 e. The summed E-state index contributed by atoms with van der Waals surface area (Å²) in [6.45, 7) is 5.77. The third kappa shape index (κ3) is 3.24. The lowest BCUT2D eigenvalue weighted by Crippen LogP contribution is -2.49. The summed E-state index contributed by atoms with van der Waals surface area (Å²) in [6.07, 6.45) is 1.25. The van der Waals surface area contributed by atoms with Gasteiger partial charge in [-0.05, 0) is 13.8 Å². The Hall–Kier alpha value is -1.60. The fourth-order valence-corrected chi connectivity index (χ4v) is 1.88. The van der Waals surface area contributed by atoms with Crippen LogP contribution in [0.4, 0.5) is 6.01 Å². The fraction of sp³-hybridized carbons (Fsp3) is 0.667. The molecule has 0 bridgehead atoms. The Balaban J connectivity index is 2.03. The van der Waals surface area contributed by atoms with Crippen LogP contribution in [0.15, 0.2) is 10.7 Å². The average Bonchev–Trinajstić information content (AvgIpc) is 2.89. The van der Waals surface area contributed by atoms with E-state index in [2.05, 4.69) is 4.98 Å². The van der Waals surface area contributed by atoms with Gasteiger partial charge in [0, 0.05) is 12.6 Å². The van der Waals surface area contributed by atoms with Crippen LogP contribution in [0.1, 0.15) is 24.3 Å². The number of anilines is 1. The number of ether oxygens (including phenoxy) is 2. The van der Waals surface area contributed by atoms with Gasteiger partial charge in [-0.25, -0.2) is 4.79 Å². The molecule has 1 fully saturated rings. The van der Waals surface area contributed by atoms with E-state index in [-0.39, 0.29) is 17.8 Å². The zero-order valence-corrected chi connectivity index (χ0v) is 11.2. The Bertz CT molecular complexity index is 432. The number of nitrogens with zero attached hydrogens (tertiary/aromatic N) is 2. The summed E-state index contributed by atoms with van der Waals surface area (Å²) in [5, 5.41) is 0. The molecule has 0 aliphatic carbocycles. The van der Waals surface area contributed by atoms with Gasteiger partial charge in [-0.1, -0.05) is 0 Å². The van der Waals surface area contributed by atoms with Crippen LogP contribution in [0.5, 0.6) is 0 Å².